The van der Waals surface area contributed by atoms with E-state index in [9.17, 15) is 4.79 Å². The molecular weight excluding hydrogens is 374 g/mol. The molecule has 5 nitrogen and oxygen atoms in total. The van der Waals surface area contributed by atoms with Crippen molar-refractivity contribution in [2.45, 2.75) is 45.7 Å². The number of para-hydroxylation sites is 2. The van der Waals surface area contributed by atoms with Gasteiger partial charge in [-0.05, 0) is 47.7 Å². The smallest absolute Gasteiger partial charge is 0.287 e. The molecule has 2 aromatic heterocycles. The number of carbonyl (C=O) groups excluding carboxylic acids is 1. The average Bonchev–Trinajstić information content (AvgIpc) is 3.36. The van der Waals surface area contributed by atoms with Crippen LogP contribution in [0, 0.1) is 0 Å². The van der Waals surface area contributed by atoms with Crippen molar-refractivity contribution in [2.75, 3.05) is 0 Å². The second-order valence-electron chi connectivity index (χ2n) is 8.66. The Morgan fingerprint density at radius 1 is 1.07 bits per heavy atom. The number of benzene rings is 2. The van der Waals surface area contributed by atoms with E-state index in [1.807, 2.05) is 25.1 Å². The number of hydrogen-bond donors (Lipinski definition) is 1. The van der Waals surface area contributed by atoms with Crippen LogP contribution in [0.2, 0.25) is 0 Å². The van der Waals surface area contributed by atoms with Gasteiger partial charge in [-0.25, -0.2) is 4.98 Å². The summed E-state index contributed by atoms with van der Waals surface area (Å²) in [6.07, 6.45) is 1.50. The van der Waals surface area contributed by atoms with Crippen LogP contribution in [0.15, 0.2) is 71.3 Å². The summed E-state index contributed by atoms with van der Waals surface area (Å²) in [5.41, 5.74) is 4.58. The van der Waals surface area contributed by atoms with E-state index in [1.165, 1.54) is 17.4 Å². The first-order valence-electron chi connectivity index (χ1n) is 10.2. The Hall–Kier alpha value is -3.34. The molecule has 0 aliphatic rings. The van der Waals surface area contributed by atoms with Crippen molar-refractivity contribution in [2.24, 2.45) is 0 Å². The number of rotatable bonds is 5. The molecule has 0 aliphatic carbocycles. The lowest BCUT2D eigenvalue weighted by atomic mass is 9.87. The molecule has 30 heavy (non-hydrogen) atoms. The van der Waals surface area contributed by atoms with Crippen LogP contribution < -0.4 is 5.32 Å². The van der Waals surface area contributed by atoms with Crippen molar-refractivity contribution >= 4 is 16.9 Å². The summed E-state index contributed by atoms with van der Waals surface area (Å²) in [6.45, 7) is 9.27. The third-order valence-corrected chi connectivity index (χ3v) is 5.32. The lowest BCUT2D eigenvalue weighted by Gasteiger charge is -2.20. The standard InChI is InChI=1S/C25H27N3O2/c1-17(26-24(29)22-10-7-15-30-22)23-27-20-8-5-6-9-21(20)28(23)16-18-11-13-19(14-12-18)25(2,3)4/h5-15,17H,16H2,1-4H3,(H,26,29)/t17-/m0/s1. The topological polar surface area (TPSA) is 60.1 Å². The zero-order valence-electron chi connectivity index (χ0n) is 17.8. The highest BCUT2D eigenvalue weighted by molar-refractivity contribution is 5.91. The number of nitrogens with one attached hydrogen (secondary N) is 1. The first-order valence-corrected chi connectivity index (χ1v) is 10.2. The van der Waals surface area contributed by atoms with Crippen molar-refractivity contribution in [3.63, 3.8) is 0 Å². The van der Waals surface area contributed by atoms with Crippen molar-refractivity contribution in [3.05, 3.63) is 89.6 Å². The Morgan fingerprint density at radius 3 is 2.47 bits per heavy atom. The quantitative estimate of drug-likeness (QED) is 0.483. The van der Waals surface area contributed by atoms with E-state index in [4.69, 9.17) is 9.40 Å². The molecule has 0 saturated carbocycles. The van der Waals surface area contributed by atoms with Crippen LogP contribution in [-0.4, -0.2) is 15.5 Å². The number of fused-ring (bicyclic) bond motifs is 1. The first-order chi connectivity index (χ1) is 14.3. The van der Waals surface area contributed by atoms with Crippen LogP contribution in [0.4, 0.5) is 0 Å². The van der Waals surface area contributed by atoms with Crippen LogP contribution in [0.3, 0.4) is 0 Å². The van der Waals surface area contributed by atoms with E-state index in [2.05, 4.69) is 61.0 Å². The summed E-state index contributed by atoms with van der Waals surface area (Å²) in [7, 11) is 0. The minimum Gasteiger partial charge on any atom is -0.459 e. The Labute approximate surface area is 176 Å². The zero-order chi connectivity index (χ0) is 21.3. The van der Waals surface area contributed by atoms with Gasteiger partial charge in [0.15, 0.2) is 5.76 Å². The molecule has 4 rings (SSSR count). The van der Waals surface area contributed by atoms with Crippen LogP contribution in [0.5, 0.6) is 0 Å². The van der Waals surface area contributed by atoms with Gasteiger partial charge in [-0.15, -0.1) is 0 Å². The number of imidazole rings is 1. The van der Waals surface area contributed by atoms with E-state index < -0.39 is 0 Å². The fourth-order valence-electron chi connectivity index (χ4n) is 3.62. The highest BCUT2D eigenvalue weighted by atomic mass is 16.3. The predicted molar refractivity (Wildman–Crippen MR) is 119 cm³/mol. The fraction of sp³-hybridized carbons (Fsp3) is 0.280. The summed E-state index contributed by atoms with van der Waals surface area (Å²) in [5, 5.41) is 3.00. The number of amides is 1. The number of carbonyl (C=O) groups is 1. The Morgan fingerprint density at radius 2 is 1.80 bits per heavy atom. The molecule has 0 saturated heterocycles. The molecule has 0 spiro atoms. The third kappa shape index (κ3) is 4.01. The normalized spacial score (nSPS) is 12.8. The molecule has 5 heteroatoms. The van der Waals surface area contributed by atoms with Crippen molar-refractivity contribution in [3.8, 4) is 0 Å². The van der Waals surface area contributed by atoms with E-state index >= 15 is 0 Å². The fourth-order valence-corrected chi connectivity index (χ4v) is 3.62. The number of furan rings is 1. The third-order valence-electron chi connectivity index (χ3n) is 5.32. The highest BCUT2D eigenvalue weighted by Crippen LogP contribution is 2.25. The molecule has 0 bridgehead atoms. The van der Waals surface area contributed by atoms with Gasteiger partial charge in [-0.3, -0.25) is 4.79 Å². The predicted octanol–water partition coefficient (Wildman–Crippen LogP) is 5.47. The average molecular weight is 402 g/mol. The summed E-state index contributed by atoms with van der Waals surface area (Å²) in [6, 6.07) is 19.9. The summed E-state index contributed by atoms with van der Waals surface area (Å²) < 4.78 is 7.39. The van der Waals surface area contributed by atoms with Gasteiger partial charge < -0.3 is 14.3 Å². The maximum atomic E-state index is 12.5. The van der Waals surface area contributed by atoms with E-state index in [0.29, 0.717) is 12.3 Å². The molecule has 2 aromatic carbocycles. The van der Waals surface area contributed by atoms with Gasteiger partial charge in [-0.2, -0.15) is 0 Å². The lowest BCUT2D eigenvalue weighted by molar-refractivity contribution is 0.0909. The maximum absolute atomic E-state index is 12.5. The Kier molecular flexibility index (Phi) is 5.20. The molecular formula is C25H27N3O2. The van der Waals surface area contributed by atoms with Crippen LogP contribution >= 0.6 is 0 Å². The maximum Gasteiger partial charge on any atom is 0.287 e. The summed E-state index contributed by atoms with van der Waals surface area (Å²) in [4.78, 5) is 17.3. The highest BCUT2D eigenvalue weighted by Gasteiger charge is 2.20. The zero-order valence-corrected chi connectivity index (χ0v) is 17.8. The monoisotopic (exact) mass is 401 g/mol. The van der Waals surface area contributed by atoms with Crippen LogP contribution in [0.25, 0.3) is 11.0 Å². The van der Waals surface area contributed by atoms with Gasteiger partial charge in [0.1, 0.15) is 5.82 Å². The molecule has 1 atom stereocenters. The number of aromatic nitrogens is 2. The van der Waals surface area contributed by atoms with Gasteiger partial charge >= 0.3 is 0 Å². The van der Waals surface area contributed by atoms with Gasteiger partial charge in [0.05, 0.1) is 23.3 Å². The van der Waals surface area contributed by atoms with Crippen LogP contribution in [0.1, 0.15) is 61.2 Å². The van der Waals surface area contributed by atoms with Gasteiger partial charge in [0.25, 0.3) is 5.91 Å². The van der Waals surface area contributed by atoms with Crippen molar-refractivity contribution in [1.82, 2.24) is 14.9 Å². The second-order valence-corrected chi connectivity index (χ2v) is 8.66. The minimum absolute atomic E-state index is 0.121. The molecule has 0 unspecified atom stereocenters. The van der Waals surface area contributed by atoms with Crippen molar-refractivity contribution < 1.29 is 9.21 Å². The Bertz CT molecular complexity index is 1150. The minimum atomic E-state index is -0.274. The SMILES string of the molecule is C[C@H](NC(=O)c1ccco1)c1nc2ccccc2n1Cc1ccc(C(C)(C)C)cc1. The molecule has 0 aliphatic heterocycles. The molecule has 4 aromatic rings. The van der Waals surface area contributed by atoms with Gasteiger partial charge in [0, 0.05) is 6.54 Å². The second kappa shape index (κ2) is 7.82. The number of nitrogens with zero attached hydrogens (tertiary/aromatic N) is 2. The van der Waals surface area contributed by atoms with Gasteiger partial charge in [-0.1, -0.05) is 57.2 Å². The number of hydrogen-bond acceptors (Lipinski definition) is 3. The van der Waals surface area contributed by atoms with E-state index in [-0.39, 0.29) is 17.4 Å². The largest absolute Gasteiger partial charge is 0.459 e. The molecule has 2 heterocycles. The van der Waals surface area contributed by atoms with Crippen LogP contribution in [-0.2, 0) is 12.0 Å². The molecule has 0 fully saturated rings. The summed E-state index contributed by atoms with van der Waals surface area (Å²) >= 11 is 0. The Balaban J connectivity index is 1.66. The molecule has 154 valence electrons. The summed E-state index contributed by atoms with van der Waals surface area (Å²) in [5.74, 6) is 0.860. The van der Waals surface area contributed by atoms with E-state index in [0.717, 1.165) is 16.9 Å². The van der Waals surface area contributed by atoms with Gasteiger partial charge in [0.2, 0.25) is 0 Å². The van der Waals surface area contributed by atoms with E-state index in [1.54, 1.807) is 12.1 Å². The lowest BCUT2D eigenvalue weighted by Crippen LogP contribution is -2.28. The molecule has 1 N–H and O–H groups in total. The molecule has 1 amide bonds. The van der Waals surface area contributed by atoms with Crippen molar-refractivity contribution in [1.29, 1.82) is 0 Å². The molecule has 0 radical (unpaired) electrons. The first kappa shape index (κ1) is 20.0.